The van der Waals surface area contributed by atoms with Gasteiger partial charge in [0.1, 0.15) is 5.82 Å². The Morgan fingerprint density at radius 3 is 2.66 bits per heavy atom. The summed E-state index contributed by atoms with van der Waals surface area (Å²) in [6.45, 7) is 1.86. The zero-order valence-electron chi connectivity index (χ0n) is 16.5. The highest BCUT2D eigenvalue weighted by molar-refractivity contribution is 6.04. The van der Waals surface area contributed by atoms with Gasteiger partial charge >= 0.3 is 0 Å². The Morgan fingerprint density at radius 2 is 1.93 bits per heavy atom. The van der Waals surface area contributed by atoms with Gasteiger partial charge in [0, 0.05) is 11.6 Å². The van der Waals surface area contributed by atoms with Crippen LogP contribution < -0.4 is 14.8 Å². The van der Waals surface area contributed by atoms with Gasteiger partial charge in [-0.25, -0.2) is 0 Å². The zero-order chi connectivity index (χ0) is 20.2. The Hall–Kier alpha value is -3.42. The highest BCUT2D eigenvalue weighted by Crippen LogP contribution is 2.32. The third kappa shape index (κ3) is 4.21. The average molecular weight is 393 g/mol. The van der Waals surface area contributed by atoms with Gasteiger partial charge in [0.05, 0.1) is 25.1 Å². The maximum atomic E-state index is 12.9. The lowest BCUT2D eigenvalue weighted by molar-refractivity contribution is 0.102. The maximum absolute atomic E-state index is 12.9. The monoisotopic (exact) mass is 393 g/mol. The van der Waals surface area contributed by atoms with Crippen molar-refractivity contribution in [2.75, 3.05) is 12.4 Å². The first-order chi connectivity index (χ1) is 14.1. The molecule has 0 radical (unpaired) electrons. The summed E-state index contributed by atoms with van der Waals surface area (Å²) in [7, 11) is 1.59. The number of rotatable bonds is 6. The van der Waals surface area contributed by atoms with Crippen LogP contribution in [0.4, 0.5) is 5.82 Å². The Morgan fingerprint density at radius 1 is 1.10 bits per heavy atom. The molecular weight excluding hydrogens is 370 g/mol. The zero-order valence-corrected chi connectivity index (χ0v) is 16.5. The van der Waals surface area contributed by atoms with E-state index in [0.717, 1.165) is 18.5 Å². The Bertz CT molecular complexity index is 994. The molecule has 8 nitrogen and oxygen atoms in total. The molecule has 2 aromatic heterocycles. The quantitative estimate of drug-likeness (QED) is 0.689. The van der Waals surface area contributed by atoms with Crippen molar-refractivity contribution < 1.29 is 14.3 Å². The van der Waals surface area contributed by atoms with Crippen LogP contribution in [0.5, 0.6) is 11.5 Å². The number of benzene rings is 1. The van der Waals surface area contributed by atoms with Crippen molar-refractivity contribution in [1.82, 2.24) is 20.0 Å². The number of nitrogens with one attached hydrogen (secondary N) is 1. The van der Waals surface area contributed by atoms with E-state index in [4.69, 9.17) is 9.47 Å². The second kappa shape index (κ2) is 8.30. The SMILES string of the molecule is COc1ccc(C(=O)Nc2ccnn2-c2ccc(C)nn2)cc1OC1CCCC1. The molecule has 1 fully saturated rings. The van der Waals surface area contributed by atoms with Gasteiger partial charge in [0.25, 0.3) is 5.91 Å². The van der Waals surface area contributed by atoms with Gasteiger partial charge in [-0.1, -0.05) is 0 Å². The molecule has 1 N–H and O–H groups in total. The summed E-state index contributed by atoms with van der Waals surface area (Å²) >= 11 is 0. The van der Waals surface area contributed by atoms with Gasteiger partial charge in [-0.15, -0.1) is 5.10 Å². The number of ether oxygens (including phenoxy) is 2. The molecule has 0 spiro atoms. The summed E-state index contributed by atoms with van der Waals surface area (Å²) < 4.78 is 13.0. The van der Waals surface area contributed by atoms with Crippen molar-refractivity contribution in [3.05, 3.63) is 53.9 Å². The topological polar surface area (TPSA) is 91.2 Å². The number of carbonyl (C=O) groups is 1. The number of carbonyl (C=O) groups excluding carboxylic acids is 1. The van der Waals surface area contributed by atoms with Crippen LogP contribution in [0.2, 0.25) is 0 Å². The fraction of sp³-hybridized carbons (Fsp3) is 0.333. The van der Waals surface area contributed by atoms with Crippen molar-refractivity contribution in [3.8, 4) is 17.3 Å². The van der Waals surface area contributed by atoms with Crippen LogP contribution in [-0.2, 0) is 0 Å². The molecule has 0 atom stereocenters. The fourth-order valence-electron chi connectivity index (χ4n) is 3.37. The van der Waals surface area contributed by atoms with E-state index in [1.165, 1.54) is 17.5 Å². The second-order valence-electron chi connectivity index (χ2n) is 7.01. The van der Waals surface area contributed by atoms with Crippen molar-refractivity contribution >= 4 is 11.7 Å². The molecule has 8 heteroatoms. The number of nitrogens with zero attached hydrogens (tertiary/aromatic N) is 4. The lowest BCUT2D eigenvalue weighted by Crippen LogP contribution is -2.17. The van der Waals surface area contributed by atoms with E-state index in [2.05, 4.69) is 20.6 Å². The molecule has 1 amide bonds. The molecule has 1 saturated carbocycles. The minimum absolute atomic E-state index is 0.170. The summed E-state index contributed by atoms with van der Waals surface area (Å²) in [5, 5.41) is 15.3. The van der Waals surface area contributed by atoms with E-state index in [9.17, 15) is 4.79 Å². The first-order valence-corrected chi connectivity index (χ1v) is 9.65. The van der Waals surface area contributed by atoms with Gasteiger partial charge in [-0.2, -0.15) is 14.9 Å². The summed E-state index contributed by atoms with van der Waals surface area (Å²) in [6, 6.07) is 10.5. The van der Waals surface area contributed by atoms with Crippen molar-refractivity contribution in [3.63, 3.8) is 0 Å². The number of aromatic nitrogens is 4. The highest BCUT2D eigenvalue weighted by Gasteiger charge is 2.20. The smallest absolute Gasteiger partial charge is 0.256 e. The van der Waals surface area contributed by atoms with Crippen LogP contribution in [0.25, 0.3) is 5.82 Å². The molecule has 0 saturated heterocycles. The minimum atomic E-state index is -0.272. The second-order valence-corrected chi connectivity index (χ2v) is 7.01. The third-order valence-corrected chi connectivity index (χ3v) is 4.91. The fourth-order valence-corrected chi connectivity index (χ4v) is 3.37. The summed E-state index contributed by atoms with van der Waals surface area (Å²) in [5.74, 6) is 1.96. The van der Waals surface area contributed by atoms with Crippen LogP contribution >= 0.6 is 0 Å². The Balaban J connectivity index is 1.54. The van der Waals surface area contributed by atoms with Crippen LogP contribution in [0, 0.1) is 6.92 Å². The van der Waals surface area contributed by atoms with Gasteiger partial charge < -0.3 is 14.8 Å². The largest absolute Gasteiger partial charge is 0.493 e. The maximum Gasteiger partial charge on any atom is 0.256 e. The van der Waals surface area contributed by atoms with Gasteiger partial charge in [0.2, 0.25) is 0 Å². The number of aryl methyl sites for hydroxylation is 1. The lowest BCUT2D eigenvalue weighted by atomic mass is 10.2. The molecular formula is C21H23N5O3. The number of hydrogen-bond donors (Lipinski definition) is 1. The van der Waals surface area contributed by atoms with E-state index in [1.807, 2.05) is 13.0 Å². The Kier molecular flexibility index (Phi) is 5.41. The first-order valence-electron chi connectivity index (χ1n) is 9.65. The molecule has 0 bridgehead atoms. The van der Waals surface area contributed by atoms with Crippen LogP contribution in [0.3, 0.4) is 0 Å². The van der Waals surface area contributed by atoms with Crippen molar-refractivity contribution in [2.24, 2.45) is 0 Å². The van der Waals surface area contributed by atoms with E-state index in [-0.39, 0.29) is 12.0 Å². The summed E-state index contributed by atoms with van der Waals surface area (Å²) in [6.07, 6.45) is 6.15. The van der Waals surface area contributed by atoms with Gasteiger partial charge in [-0.05, 0) is 62.9 Å². The van der Waals surface area contributed by atoms with E-state index in [1.54, 1.807) is 43.6 Å². The molecule has 150 valence electrons. The third-order valence-electron chi connectivity index (χ3n) is 4.91. The average Bonchev–Trinajstić information content (AvgIpc) is 3.41. The van der Waals surface area contributed by atoms with E-state index in [0.29, 0.717) is 28.7 Å². The number of anilines is 1. The lowest BCUT2D eigenvalue weighted by Gasteiger charge is -2.17. The van der Waals surface area contributed by atoms with Gasteiger partial charge in [0.15, 0.2) is 17.3 Å². The summed E-state index contributed by atoms with van der Waals surface area (Å²) in [5.41, 5.74) is 1.28. The van der Waals surface area contributed by atoms with Crippen LogP contribution in [0.1, 0.15) is 41.7 Å². The first kappa shape index (κ1) is 18.9. The Labute approximate surface area is 168 Å². The normalized spacial score (nSPS) is 14.0. The summed E-state index contributed by atoms with van der Waals surface area (Å²) in [4.78, 5) is 12.9. The van der Waals surface area contributed by atoms with Crippen molar-refractivity contribution in [1.29, 1.82) is 0 Å². The van der Waals surface area contributed by atoms with Crippen molar-refractivity contribution in [2.45, 2.75) is 38.7 Å². The molecule has 0 aliphatic heterocycles. The van der Waals surface area contributed by atoms with Crippen LogP contribution in [0.15, 0.2) is 42.6 Å². The molecule has 29 heavy (non-hydrogen) atoms. The molecule has 3 aromatic rings. The predicted molar refractivity (Wildman–Crippen MR) is 108 cm³/mol. The molecule has 2 heterocycles. The molecule has 1 aliphatic carbocycles. The van der Waals surface area contributed by atoms with E-state index >= 15 is 0 Å². The number of methoxy groups -OCH3 is 1. The standard InChI is InChI=1S/C21H23N5O3/c1-14-7-10-20(25-24-14)26-19(11-12-22-26)23-21(27)15-8-9-17(28-2)18(13-15)29-16-5-3-4-6-16/h7-13,16H,3-6H2,1-2H3,(H,23,27). The van der Waals surface area contributed by atoms with Crippen LogP contribution in [-0.4, -0.2) is 39.1 Å². The molecule has 1 aliphatic rings. The number of amides is 1. The molecule has 4 rings (SSSR count). The minimum Gasteiger partial charge on any atom is -0.493 e. The van der Waals surface area contributed by atoms with Gasteiger partial charge in [-0.3, -0.25) is 4.79 Å². The molecule has 0 unspecified atom stereocenters. The highest BCUT2D eigenvalue weighted by atomic mass is 16.5. The van der Waals surface area contributed by atoms with E-state index < -0.39 is 0 Å². The molecule has 1 aromatic carbocycles. The predicted octanol–water partition coefficient (Wildman–Crippen LogP) is 3.55. The number of hydrogen-bond acceptors (Lipinski definition) is 6.